The Kier molecular flexibility index (Phi) is 4.53. The van der Waals surface area contributed by atoms with Gasteiger partial charge in [-0.1, -0.05) is 6.07 Å². The zero-order chi connectivity index (χ0) is 18.3. The molecule has 1 heterocycles. The Morgan fingerprint density at radius 1 is 1.29 bits per heavy atom. The minimum atomic E-state index is -4.84. The molecular weight excluding hydrogens is 347 g/mol. The van der Waals surface area contributed by atoms with Crippen molar-refractivity contribution in [3.05, 3.63) is 41.0 Å². The maximum Gasteiger partial charge on any atom is 0.417 e. The van der Waals surface area contributed by atoms with Crippen LogP contribution in [0.2, 0.25) is 0 Å². The van der Waals surface area contributed by atoms with Crippen molar-refractivity contribution in [2.75, 3.05) is 6.26 Å². The van der Waals surface area contributed by atoms with Crippen molar-refractivity contribution >= 4 is 15.6 Å². The van der Waals surface area contributed by atoms with Gasteiger partial charge in [-0.05, 0) is 18.6 Å². The molecule has 0 atom stereocenters. The van der Waals surface area contributed by atoms with Crippen molar-refractivity contribution in [3.8, 4) is 0 Å². The first-order chi connectivity index (χ1) is 10.9. The molecule has 0 unspecified atom stereocenters. The van der Waals surface area contributed by atoms with Crippen LogP contribution in [0.15, 0.2) is 23.4 Å². The molecule has 0 saturated carbocycles. The number of halogens is 3. The number of benzene rings is 1. The molecule has 10 heteroatoms. The molecule has 0 fully saturated rings. The first-order valence-corrected chi connectivity index (χ1v) is 8.59. The molecule has 0 N–H and O–H groups in total. The van der Waals surface area contributed by atoms with E-state index in [0.29, 0.717) is 18.1 Å². The largest absolute Gasteiger partial charge is 0.417 e. The van der Waals surface area contributed by atoms with Gasteiger partial charge in [-0.2, -0.15) is 18.3 Å². The highest BCUT2D eigenvalue weighted by Gasteiger charge is 2.38. The summed E-state index contributed by atoms with van der Waals surface area (Å²) in [4.78, 5) is 15.4. The highest BCUT2D eigenvalue weighted by atomic mass is 32.2. The minimum Gasteiger partial charge on any atom is -0.294 e. The third-order valence-corrected chi connectivity index (χ3v) is 4.77. The van der Waals surface area contributed by atoms with E-state index in [-0.39, 0.29) is 17.5 Å². The van der Waals surface area contributed by atoms with Crippen molar-refractivity contribution in [3.63, 3.8) is 0 Å². The van der Waals surface area contributed by atoms with Crippen LogP contribution in [0.25, 0.3) is 0 Å². The predicted molar refractivity (Wildman–Crippen MR) is 78.3 cm³/mol. The molecule has 1 aromatic carbocycles. The number of aryl methyl sites for hydroxylation is 1. The second kappa shape index (κ2) is 6.00. The number of hydrogen-bond donors (Lipinski definition) is 0. The highest BCUT2D eigenvalue weighted by Crippen LogP contribution is 2.37. The summed E-state index contributed by atoms with van der Waals surface area (Å²) in [6.45, 7) is 1.19. The van der Waals surface area contributed by atoms with Gasteiger partial charge in [-0.3, -0.25) is 9.48 Å². The summed E-state index contributed by atoms with van der Waals surface area (Å²) in [5, 5.41) is 3.80. The lowest BCUT2D eigenvalue weighted by atomic mass is 9.99. The number of carbonyl (C=O) groups is 1. The van der Waals surface area contributed by atoms with E-state index in [1.165, 1.54) is 17.9 Å². The molecule has 0 radical (unpaired) electrons. The Bertz CT molecular complexity index is 902. The van der Waals surface area contributed by atoms with Gasteiger partial charge in [-0.25, -0.2) is 13.4 Å². The van der Waals surface area contributed by atoms with Crippen LogP contribution >= 0.6 is 0 Å². The molecule has 0 bridgehead atoms. The summed E-state index contributed by atoms with van der Waals surface area (Å²) in [5.41, 5.74) is -1.59. The topological polar surface area (TPSA) is 81.9 Å². The fourth-order valence-electron chi connectivity index (χ4n) is 2.41. The summed E-state index contributed by atoms with van der Waals surface area (Å²) in [6, 6.07) is 1.61. The smallest absolute Gasteiger partial charge is 0.294 e. The van der Waals surface area contributed by atoms with Gasteiger partial charge in [-0.15, -0.1) is 0 Å². The van der Waals surface area contributed by atoms with E-state index in [4.69, 9.17) is 0 Å². The maximum atomic E-state index is 13.1. The predicted octanol–water partition coefficient (Wildman–Crippen LogP) is 1.97. The van der Waals surface area contributed by atoms with E-state index >= 15 is 0 Å². The van der Waals surface area contributed by atoms with Crippen LogP contribution in [-0.4, -0.2) is 35.2 Å². The van der Waals surface area contributed by atoms with Gasteiger partial charge in [0.05, 0.1) is 16.9 Å². The Morgan fingerprint density at radius 2 is 1.92 bits per heavy atom. The van der Waals surface area contributed by atoms with E-state index in [1.807, 2.05) is 0 Å². The number of ketones is 1. The lowest BCUT2D eigenvalue weighted by Gasteiger charge is -2.16. The maximum absolute atomic E-state index is 13.1. The minimum absolute atomic E-state index is 0.0913. The highest BCUT2D eigenvalue weighted by molar-refractivity contribution is 7.90. The molecule has 0 aliphatic rings. The number of hydrogen-bond acceptors (Lipinski definition) is 5. The SMILES string of the molecule is Cc1c(C(=O)Cc2ncnn2C)ccc(C(F)(F)F)c1S(C)(=O)=O. The first kappa shape index (κ1) is 18.1. The van der Waals surface area contributed by atoms with Crippen LogP contribution in [-0.2, 0) is 29.5 Å². The fraction of sp³-hybridized carbons (Fsp3) is 0.357. The Morgan fingerprint density at radius 3 is 2.38 bits per heavy atom. The monoisotopic (exact) mass is 361 g/mol. The molecule has 0 saturated heterocycles. The number of nitrogens with zero attached hydrogens (tertiary/aromatic N) is 3. The molecule has 24 heavy (non-hydrogen) atoms. The second-order valence-corrected chi connectivity index (χ2v) is 7.24. The zero-order valence-corrected chi connectivity index (χ0v) is 13.9. The van der Waals surface area contributed by atoms with Crippen molar-refractivity contribution in [2.24, 2.45) is 7.05 Å². The fourth-order valence-corrected chi connectivity index (χ4v) is 3.66. The third-order valence-electron chi connectivity index (χ3n) is 3.51. The van der Waals surface area contributed by atoms with Crippen LogP contribution in [0.4, 0.5) is 13.2 Å². The molecule has 130 valence electrons. The number of alkyl halides is 3. The van der Waals surface area contributed by atoms with Crippen LogP contribution in [0.5, 0.6) is 0 Å². The van der Waals surface area contributed by atoms with E-state index in [0.717, 1.165) is 6.07 Å². The zero-order valence-electron chi connectivity index (χ0n) is 13.0. The van der Waals surface area contributed by atoms with Crippen molar-refractivity contribution < 1.29 is 26.4 Å². The summed E-state index contributed by atoms with van der Waals surface area (Å²) in [7, 11) is -2.61. The van der Waals surface area contributed by atoms with E-state index < -0.39 is 32.3 Å². The first-order valence-electron chi connectivity index (χ1n) is 6.70. The van der Waals surface area contributed by atoms with Crippen molar-refractivity contribution in [1.29, 1.82) is 0 Å². The van der Waals surface area contributed by atoms with Crippen LogP contribution in [0.3, 0.4) is 0 Å². The van der Waals surface area contributed by atoms with Gasteiger partial charge >= 0.3 is 6.18 Å². The Balaban J connectivity index is 2.58. The van der Waals surface area contributed by atoms with Gasteiger partial charge < -0.3 is 0 Å². The van der Waals surface area contributed by atoms with E-state index in [9.17, 15) is 26.4 Å². The molecule has 2 aromatic rings. The Labute approximate surface area is 136 Å². The molecule has 0 amide bonds. The number of carbonyl (C=O) groups excluding carboxylic acids is 1. The van der Waals surface area contributed by atoms with Crippen LogP contribution in [0, 0.1) is 6.92 Å². The summed E-state index contributed by atoms with van der Waals surface area (Å²) in [6.07, 6.45) is -3.12. The lowest BCUT2D eigenvalue weighted by molar-refractivity contribution is -0.139. The second-order valence-electron chi connectivity index (χ2n) is 5.28. The number of aromatic nitrogens is 3. The van der Waals surface area contributed by atoms with Gasteiger partial charge in [0.15, 0.2) is 15.6 Å². The van der Waals surface area contributed by atoms with Gasteiger partial charge in [0, 0.05) is 18.9 Å². The number of rotatable bonds is 4. The van der Waals surface area contributed by atoms with Crippen LogP contribution < -0.4 is 0 Å². The van der Waals surface area contributed by atoms with E-state index in [2.05, 4.69) is 10.1 Å². The average Bonchev–Trinajstić information content (AvgIpc) is 2.81. The quantitative estimate of drug-likeness (QED) is 0.778. The Hall–Kier alpha value is -2.23. The van der Waals surface area contributed by atoms with Gasteiger partial charge in [0.25, 0.3) is 0 Å². The van der Waals surface area contributed by atoms with Gasteiger partial charge in [0.2, 0.25) is 0 Å². The normalized spacial score (nSPS) is 12.4. The van der Waals surface area contributed by atoms with Crippen LogP contribution in [0.1, 0.15) is 27.3 Å². The average molecular weight is 361 g/mol. The molecule has 6 nitrogen and oxygen atoms in total. The standard InChI is InChI=1S/C14H14F3N3O3S/c1-8-9(11(21)6-12-18-7-19-20(12)2)4-5-10(14(15,16)17)13(8)24(3,22)23/h4-5,7H,6H2,1-3H3. The number of Topliss-reactive ketones (excluding diaryl/α,β-unsaturated/α-hetero) is 1. The molecule has 0 aliphatic carbocycles. The molecule has 0 aliphatic heterocycles. The van der Waals surface area contributed by atoms with Crippen molar-refractivity contribution in [1.82, 2.24) is 14.8 Å². The summed E-state index contributed by atoms with van der Waals surface area (Å²) in [5.74, 6) is -0.220. The molecule has 0 spiro atoms. The van der Waals surface area contributed by atoms with E-state index in [1.54, 1.807) is 7.05 Å². The van der Waals surface area contributed by atoms with Gasteiger partial charge in [0.1, 0.15) is 12.2 Å². The summed E-state index contributed by atoms with van der Waals surface area (Å²) < 4.78 is 64.3. The molecular formula is C14H14F3N3O3S. The lowest BCUT2D eigenvalue weighted by Crippen LogP contribution is -2.18. The molecule has 2 rings (SSSR count). The number of sulfone groups is 1. The van der Waals surface area contributed by atoms with Crippen molar-refractivity contribution in [2.45, 2.75) is 24.4 Å². The summed E-state index contributed by atoms with van der Waals surface area (Å²) >= 11 is 0. The third kappa shape index (κ3) is 3.48. The molecule has 1 aromatic heterocycles.